The summed E-state index contributed by atoms with van der Waals surface area (Å²) in [4.78, 5) is 66.1. The number of hydrogen-bond donors (Lipinski definition) is 3. The van der Waals surface area contributed by atoms with Gasteiger partial charge in [0.25, 0.3) is 5.91 Å². The fraction of sp³-hybridized carbons (Fsp3) is 0.385. The zero-order valence-electron chi connectivity index (χ0n) is 20.8. The van der Waals surface area contributed by atoms with Crippen molar-refractivity contribution in [1.29, 1.82) is 0 Å². The average Bonchev–Trinajstić information content (AvgIpc) is 3.54. The van der Waals surface area contributed by atoms with Gasteiger partial charge in [-0.25, -0.2) is 9.97 Å². The lowest BCUT2D eigenvalue weighted by Gasteiger charge is -2.39. The van der Waals surface area contributed by atoms with Gasteiger partial charge in [-0.05, 0) is 35.6 Å². The summed E-state index contributed by atoms with van der Waals surface area (Å²) in [5, 5.41) is 6.69. The molecule has 0 aliphatic carbocycles. The molecule has 1 aromatic carbocycles. The summed E-state index contributed by atoms with van der Waals surface area (Å²) < 4.78 is 0. The maximum Gasteiger partial charge on any atom is 0.291 e. The standard InChI is InChI=1S/C26H28ClN7O4/c1-28-22(35)10-32-25(37)20-14-33(23(36)7-15-9-31-21-8-17(27)3-4-18(15)21)11-16-12-34(13-19(16)20)26(38)24-29-5-2-6-30-24/h2-6,8-9,16,19-20,31H,7,10-14H2,1H3,(H,28,35)(H,32,37). The number of hydrogen-bond acceptors (Lipinski definition) is 6. The highest BCUT2D eigenvalue weighted by Gasteiger charge is 2.48. The molecule has 2 saturated heterocycles. The second-order valence-electron chi connectivity index (χ2n) is 9.68. The fourth-order valence-corrected chi connectivity index (χ4v) is 5.61. The number of aromatic amines is 1. The summed E-state index contributed by atoms with van der Waals surface area (Å²) in [7, 11) is 1.50. The Balaban J connectivity index is 1.35. The van der Waals surface area contributed by atoms with Crippen molar-refractivity contribution in [3.8, 4) is 0 Å². The van der Waals surface area contributed by atoms with Crippen molar-refractivity contribution >= 4 is 46.1 Å². The summed E-state index contributed by atoms with van der Waals surface area (Å²) in [5.74, 6) is -1.78. The number of carbonyl (C=O) groups excluding carboxylic acids is 4. The number of likely N-dealkylation sites (N-methyl/N-ethyl adjacent to an activating group) is 1. The van der Waals surface area contributed by atoms with Gasteiger partial charge >= 0.3 is 0 Å². The summed E-state index contributed by atoms with van der Waals surface area (Å²) in [6, 6.07) is 7.11. The SMILES string of the molecule is CNC(=O)CNC(=O)C1CN(C(=O)Cc2c[nH]c3cc(Cl)ccc23)CC2CN(C(=O)c3ncccn3)CC21. The van der Waals surface area contributed by atoms with E-state index in [0.29, 0.717) is 24.7 Å². The minimum atomic E-state index is -0.571. The van der Waals surface area contributed by atoms with E-state index in [2.05, 4.69) is 25.6 Å². The first kappa shape index (κ1) is 25.7. The van der Waals surface area contributed by atoms with E-state index in [1.165, 1.54) is 19.4 Å². The summed E-state index contributed by atoms with van der Waals surface area (Å²) >= 11 is 6.09. The molecule has 3 atom stereocenters. The molecule has 0 radical (unpaired) electrons. The molecule has 198 valence electrons. The molecule has 5 rings (SSSR count). The van der Waals surface area contributed by atoms with Crippen LogP contribution in [0, 0.1) is 17.8 Å². The Kier molecular flexibility index (Phi) is 7.28. The fourth-order valence-electron chi connectivity index (χ4n) is 5.44. The molecule has 3 unspecified atom stereocenters. The van der Waals surface area contributed by atoms with E-state index in [-0.39, 0.29) is 60.8 Å². The number of rotatable bonds is 6. The smallest absolute Gasteiger partial charge is 0.291 e. The van der Waals surface area contributed by atoms with E-state index in [4.69, 9.17) is 11.6 Å². The predicted molar refractivity (Wildman–Crippen MR) is 139 cm³/mol. The first-order valence-corrected chi connectivity index (χ1v) is 12.8. The molecule has 11 nitrogen and oxygen atoms in total. The molecule has 3 N–H and O–H groups in total. The third-order valence-electron chi connectivity index (χ3n) is 7.39. The van der Waals surface area contributed by atoms with E-state index in [1.807, 2.05) is 12.1 Å². The molecule has 4 heterocycles. The Labute approximate surface area is 223 Å². The number of piperidine rings is 1. The Morgan fingerprint density at radius 1 is 1.08 bits per heavy atom. The van der Waals surface area contributed by atoms with Crippen molar-refractivity contribution < 1.29 is 19.2 Å². The van der Waals surface area contributed by atoms with Crippen LogP contribution in [-0.4, -0.2) is 88.2 Å². The molecule has 38 heavy (non-hydrogen) atoms. The number of halogens is 1. The van der Waals surface area contributed by atoms with Gasteiger partial charge in [0, 0.05) is 67.7 Å². The van der Waals surface area contributed by atoms with E-state index in [9.17, 15) is 19.2 Å². The van der Waals surface area contributed by atoms with Crippen LogP contribution in [0.4, 0.5) is 0 Å². The molecular weight excluding hydrogens is 510 g/mol. The van der Waals surface area contributed by atoms with Crippen molar-refractivity contribution in [1.82, 2.24) is 35.4 Å². The molecule has 2 aliphatic heterocycles. The summed E-state index contributed by atoms with van der Waals surface area (Å²) in [5.41, 5.74) is 1.69. The number of likely N-dealkylation sites (tertiary alicyclic amines) is 2. The number of nitrogens with one attached hydrogen (secondary N) is 3. The first-order chi connectivity index (χ1) is 18.3. The maximum absolute atomic E-state index is 13.5. The number of benzene rings is 1. The highest BCUT2D eigenvalue weighted by Crippen LogP contribution is 2.36. The van der Waals surface area contributed by atoms with Crippen LogP contribution >= 0.6 is 11.6 Å². The second-order valence-corrected chi connectivity index (χ2v) is 10.1. The van der Waals surface area contributed by atoms with Gasteiger partial charge in [-0.2, -0.15) is 0 Å². The monoisotopic (exact) mass is 537 g/mol. The molecule has 0 bridgehead atoms. The minimum Gasteiger partial charge on any atom is -0.361 e. The molecule has 0 spiro atoms. The molecule has 4 amide bonds. The Bertz CT molecular complexity index is 1380. The Morgan fingerprint density at radius 2 is 1.84 bits per heavy atom. The number of aromatic nitrogens is 3. The molecule has 3 aromatic rings. The molecule has 0 saturated carbocycles. The van der Waals surface area contributed by atoms with Gasteiger partial charge in [0.15, 0.2) is 0 Å². The van der Waals surface area contributed by atoms with E-state index in [1.54, 1.807) is 28.1 Å². The van der Waals surface area contributed by atoms with Crippen LogP contribution in [0.3, 0.4) is 0 Å². The number of amides is 4. The van der Waals surface area contributed by atoms with Gasteiger partial charge in [-0.15, -0.1) is 0 Å². The van der Waals surface area contributed by atoms with Crippen molar-refractivity contribution in [2.24, 2.45) is 17.8 Å². The zero-order valence-corrected chi connectivity index (χ0v) is 21.6. The van der Waals surface area contributed by atoms with E-state index < -0.39 is 5.92 Å². The second kappa shape index (κ2) is 10.8. The van der Waals surface area contributed by atoms with Crippen LogP contribution in [0.2, 0.25) is 5.02 Å². The minimum absolute atomic E-state index is 0.0964. The third kappa shape index (κ3) is 5.19. The molecule has 12 heteroatoms. The average molecular weight is 538 g/mol. The van der Waals surface area contributed by atoms with Gasteiger partial charge in [-0.3, -0.25) is 19.2 Å². The summed E-state index contributed by atoms with van der Waals surface area (Å²) in [6.07, 6.45) is 4.98. The van der Waals surface area contributed by atoms with Crippen LogP contribution in [0.5, 0.6) is 0 Å². The van der Waals surface area contributed by atoms with Crippen molar-refractivity contribution in [3.05, 3.63) is 59.3 Å². The predicted octanol–water partition coefficient (Wildman–Crippen LogP) is 0.863. The van der Waals surface area contributed by atoms with E-state index in [0.717, 1.165) is 16.5 Å². The number of H-pyrrole nitrogens is 1. The Morgan fingerprint density at radius 3 is 2.61 bits per heavy atom. The first-order valence-electron chi connectivity index (χ1n) is 12.4. The Hall–Kier alpha value is -3.99. The highest BCUT2D eigenvalue weighted by molar-refractivity contribution is 6.31. The number of carbonyl (C=O) groups is 4. The van der Waals surface area contributed by atoms with Crippen LogP contribution in [0.1, 0.15) is 16.2 Å². The lowest BCUT2D eigenvalue weighted by atomic mass is 9.79. The van der Waals surface area contributed by atoms with Crippen LogP contribution in [-0.2, 0) is 20.8 Å². The summed E-state index contributed by atoms with van der Waals surface area (Å²) in [6.45, 7) is 1.21. The largest absolute Gasteiger partial charge is 0.361 e. The highest BCUT2D eigenvalue weighted by atomic mass is 35.5. The van der Waals surface area contributed by atoms with Crippen LogP contribution in [0.15, 0.2) is 42.9 Å². The molecular formula is C26H28ClN7O4. The maximum atomic E-state index is 13.5. The van der Waals surface area contributed by atoms with Crippen LogP contribution in [0.25, 0.3) is 10.9 Å². The van der Waals surface area contributed by atoms with Gasteiger partial charge < -0.3 is 25.4 Å². The normalized spacial score (nSPS) is 20.7. The van der Waals surface area contributed by atoms with Gasteiger partial charge in [0.05, 0.1) is 18.9 Å². The lowest BCUT2D eigenvalue weighted by Crippen LogP contribution is -2.54. The topological polar surface area (TPSA) is 140 Å². The number of fused-ring (bicyclic) bond motifs is 2. The number of nitrogens with zero attached hydrogens (tertiary/aromatic N) is 4. The molecule has 2 aromatic heterocycles. The van der Waals surface area contributed by atoms with Crippen LogP contribution < -0.4 is 10.6 Å². The third-order valence-corrected chi connectivity index (χ3v) is 7.62. The van der Waals surface area contributed by atoms with E-state index >= 15 is 0 Å². The molecule has 2 fully saturated rings. The van der Waals surface area contributed by atoms with Crippen molar-refractivity contribution in [2.75, 3.05) is 39.8 Å². The van der Waals surface area contributed by atoms with Gasteiger partial charge in [-0.1, -0.05) is 17.7 Å². The zero-order chi connectivity index (χ0) is 26.8. The molecule has 2 aliphatic rings. The quantitative estimate of drug-likeness (QED) is 0.426. The van der Waals surface area contributed by atoms with Crippen molar-refractivity contribution in [3.63, 3.8) is 0 Å². The van der Waals surface area contributed by atoms with Crippen molar-refractivity contribution in [2.45, 2.75) is 6.42 Å². The van der Waals surface area contributed by atoms with Gasteiger partial charge in [0.2, 0.25) is 23.5 Å². The lowest BCUT2D eigenvalue weighted by molar-refractivity contribution is -0.139. The van der Waals surface area contributed by atoms with Gasteiger partial charge in [0.1, 0.15) is 0 Å².